The Balaban J connectivity index is 0.999. The first-order chi connectivity index (χ1) is 40.2. The van der Waals surface area contributed by atoms with Crippen LogP contribution in [-0.2, 0) is 65.9 Å². The number of para-hydroxylation sites is 2. The highest BCUT2D eigenvalue weighted by Gasteiger charge is 2.40. The molecule has 0 aromatic heterocycles. The average molecular weight is 1170 g/mol. The molecule has 0 N–H and O–H groups in total. The molecule has 0 saturated heterocycles. The third kappa shape index (κ3) is 14.8. The van der Waals surface area contributed by atoms with Crippen molar-refractivity contribution in [1.29, 1.82) is 0 Å². The smallest absolute Gasteiger partial charge is 0.309 e. The first-order valence-corrected chi connectivity index (χ1v) is 30.7. The molecule has 5 aromatic carbocycles. The van der Waals surface area contributed by atoms with Gasteiger partial charge < -0.3 is 57.6 Å². The Kier molecular flexibility index (Phi) is 20.7. The van der Waals surface area contributed by atoms with Crippen molar-refractivity contribution in [1.82, 2.24) is 0 Å². The fourth-order valence-electron chi connectivity index (χ4n) is 11.5. The zero-order valence-corrected chi connectivity index (χ0v) is 50.6. The van der Waals surface area contributed by atoms with Crippen LogP contribution in [0.4, 0.5) is 22.7 Å². The van der Waals surface area contributed by atoms with Crippen molar-refractivity contribution in [3.63, 3.8) is 0 Å². The van der Waals surface area contributed by atoms with Gasteiger partial charge in [-0.05, 0) is 135 Å². The third-order valence-electron chi connectivity index (χ3n) is 15.4. The summed E-state index contributed by atoms with van der Waals surface area (Å²) in [7, 11) is 9.71. The van der Waals surface area contributed by atoms with Crippen LogP contribution in [0.3, 0.4) is 0 Å². The van der Waals surface area contributed by atoms with Crippen LogP contribution in [0.5, 0.6) is 17.2 Å². The Morgan fingerprint density at radius 3 is 2.10 bits per heavy atom. The number of carbonyl (C=O) groups is 4. The fraction of sp³-hybridized carbons (Fsp3) is 0.453. The molecule has 0 saturated carbocycles. The molecule has 0 bridgehead atoms. The number of esters is 1. The number of ether oxygens (including phenoxy) is 7. The number of Topliss-reactive ketones (excluding diaryl/α,β-unsaturated/α-hetero) is 1. The zero-order chi connectivity index (χ0) is 58.6. The van der Waals surface area contributed by atoms with Crippen molar-refractivity contribution in [2.75, 3.05) is 113 Å². The van der Waals surface area contributed by atoms with Gasteiger partial charge in [0.15, 0.2) is 23.9 Å². The monoisotopic (exact) mass is 1170 g/mol. The lowest BCUT2D eigenvalue weighted by atomic mass is 9.98. The SMILES string of the molecule is CC=NOCC(=O)CC(CSSC(C)(C)CN(CCOCCOCCOC)c1cc(COc2cc3c(cc2C)C(=O)N2c4ccccc4C[C@H]2CC3)cc(COc2cc3c(cc2OC)C(=O)N2c4ccccc4C[C@H]2CN3C)c1)C(=O)OC. The van der Waals surface area contributed by atoms with Crippen molar-refractivity contribution < 1.29 is 57.2 Å². The maximum Gasteiger partial charge on any atom is 0.309 e. The average Bonchev–Trinajstić information content (AvgIpc) is 4.21. The van der Waals surface area contributed by atoms with E-state index in [-0.39, 0.29) is 55.9 Å². The van der Waals surface area contributed by atoms with Gasteiger partial charge >= 0.3 is 5.97 Å². The number of nitrogens with zero attached hydrogens (tertiary/aromatic N) is 5. The molecule has 0 fully saturated rings. The van der Waals surface area contributed by atoms with E-state index in [4.69, 9.17) is 38.0 Å². The van der Waals surface area contributed by atoms with Gasteiger partial charge in [-0.25, -0.2) is 0 Å². The molecule has 17 nitrogen and oxygen atoms in total. The number of hydrogen-bond donors (Lipinski definition) is 0. The van der Waals surface area contributed by atoms with Gasteiger partial charge in [0.25, 0.3) is 11.8 Å². The van der Waals surface area contributed by atoms with Crippen LogP contribution in [0.15, 0.2) is 96.2 Å². The van der Waals surface area contributed by atoms with Crippen LogP contribution in [0.2, 0.25) is 0 Å². The lowest BCUT2D eigenvalue weighted by Gasteiger charge is -2.34. The van der Waals surface area contributed by atoms with Crippen molar-refractivity contribution in [3.8, 4) is 17.2 Å². The summed E-state index contributed by atoms with van der Waals surface area (Å²) in [6, 6.07) is 30.5. The highest BCUT2D eigenvalue weighted by Crippen LogP contribution is 2.44. The van der Waals surface area contributed by atoms with E-state index in [1.807, 2.05) is 72.3 Å². The number of carbonyl (C=O) groups excluding carboxylic acids is 4. The second kappa shape index (κ2) is 28.2. The van der Waals surface area contributed by atoms with E-state index in [0.717, 1.165) is 76.3 Å². The summed E-state index contributed by atoms with van der Waals surface area (Å²) in [6.07, 6.45) is 4.64. The number of fused-ring (bicyclic) bond motifs is 8. The summed E-state index contributed by atoms with van der Waals surface area (Å²) >= 11 is 0. The number of amides is 2. The molecule has 19 heteroatoms. The minimum Gasteiger partial charge on any atom is -0.493 e. The predicted molar refractivity (Wildman–Crippen MR) is 327 cm³/mol. The first kappa shape index (κ1) is 60.8. The molecule has 2 amide bonds. The van der Waals surface area contributed by atoms with Crippen LogP contribution >= 0.6 is 21.6 Å². The van der Waals surface area contributed by atoms with Gasteiger partial charge in [-0.1, -0.05) is 63.1 Å². The van der Waals surface area contributed by atoms with Gasteiger partial charge in [0.05, 0.1) is 70.5 Å². The molecule has 0 aliphatic carbocycles. The molecular formula is C64H77N5O12S2. The maximum absolute atomic E-state index is 14.5. The number of hydrogen-bond acceptors (Lipinski definition) is 17. The van der Waals surface area contributed by atoms with Gasteiger partial charge in [-0.2, -0.15) is 0 Å². The lowest BCUT2D eigenvalue weighted by Crippen LogP contribution is -2.41. The summed E-state index contributed by atoms with van der Waals surface area (Å²) in [5, 5.41) is 3.68. The van der Waals surface area contributed by atoms with Crippen LogP contribution in [-0.4, -0.2) is 140 Å². The minimum atomic E-state index is -0.669. The Morgan fingerprint density at radius 1 is 0.759 bits per heavy atom. The maximum atomic E-state index is 14.5. The standard InChI is InChI=1S/C64H77N5O12S2/c1-9-65-81-39-52(70)32-48(63(73)76-8)40-82-83-64(3,4)41-67(20-21-77-24-25-78-23-22-74-6)50-28-43(37-79-58-33-45-18-19-49-30-46-14-10-12-16-55(46)68(49)61(71)53(45)26-42(58)2)27-44(29-50)38-80-60-35-57-54(34-59(60)75-7)62(72)69-51(36-66(57)5)31-47-15-11-13-17-56(47)69/h9-17,26-29,33-35,48-49,51H,18-25,30-32,36-41H2,1-8H3/t48?,49-,51+/m1/s1. The molecule has 3 atom stereocenters. The van der Waals surface area contributed by atoms with Gasteiger partial charge in [-0.3, -0.25) is 19.2 Å². The Morgan fingerprint density at radius 2 is 1.41 bits per heavy atom. The van der Waals surface area contributed by atoms with Gasteiger partial charge in [0.1, 0.15) is 19.0 Å². The third-order valence-corrected chi connectivity index (χ3v) is 18.8. The molecule has 83 heavy (non-hydrogen) atoms. The molecule has 1 unspecified atom stereocenters. The van der Waals surface area contributed by atoms with Crippen molar-refractivity contribution in [3.05, 3.63) is 136 Å². The largest absolute Gasteiger partial charge is 0.493 e. The van der Waals surface area contributed by atoms with Crippen molar-refractivity contribution in [2.45, 2.75) is 89.8 Å². The molecular weight excluding hydrogens is 1090 g/mol. The summed E-state index contributed by atoms with van der Waals surface area (Å²) in [6.45, 7) is 12.0. The molecule has 5 aromatic rings. The Hall–Kier alpha value is -6.77. The normalized spacial score (nSPS) is 16.5. The number of methoxy groups -OCH3 is 3. The predicted octanol–water partition coefficient (Wildman–Crippen LogP) is 10.1. The van der Waals surface area contributed by atoms with E-state index in [1.165, 1.54) is 29.7 Å². The quantitative estimate of drug-likeness (QED) is 0.0146. The fourth-order valence-corrected chi connectivity index (χ4v) is 14.3. The number of benzene rings is 5. The van der Waals surface area contributed by atoms with E-state index in [2.05, 4.69) is 65.2 Å². The van der Waals surface area contributed by atoms with Gasteiger partial charge in [0, 0.05) is 91.7 Å². The van der Waals surface area contributed by atoms with Crippen molar-refractivity contribution >= 4 is 74.1 Å². The highest BCUT2D eigenvalue weighted by molar-refractivity contribution is 8.77. The number of oxime groups is 1. The Bertz CT molecular complexity index is 3160. The molecule has 0 radical (unpaired) electrons. The lowest BCUT2D eigenvalue weighted by molar-refractivity contribution is -0.146. The van der Waals surface area contributed by atoms with Gasteiger partial charge in [-0.15, -0.1) is 0 Å². The number of likely N-dealkylation sites (N-methyl/N-ethyl adjacent to an activating group) is 1. The number of ketones is 1. The number of anilines is 4. The van der Waals surface area contributed by atoms with E-state index < -0.39 is 16.6 Å². The molecule has 0 spiro atoms. The molecule has 4 heterocycles. The Labute approximate surface area is 495 Å². The summed E-state index contributed by atoms with van der Waals surface area (Å²) < 4.78 is 41.3. The van der Waals surface area contributed by atoms with E-state index in [9.17, 15) is 19.2 Å². The molecule has 4 aliphatic rings. The van der Waals surface area contributed by atoms with Crippen LogP contribution in [0.1, 0.15) is 87.7 Å². The summed E-state index contributed by atoms with van der Waals surface area (Å²) in [4.78, 5) is 67.9. The van der Waals surface area contributed by atoms with E-state index >= 15 is 0 Å². The van der Waals surface area contributed by atoms with E-state index in [1.54, 1.807) is 38.0 Å². The van der Waals surface area contributed by atoms with Crippen molar-refractivity contribution in [2.24, 2.45) is 11.1 Å². The molecule has 442 valence electrons. The number of aryl methyl sites for hydroxylation is 2. The second-order valence-corrected chi connectivity index (χ2v) is 25.0. The summed E-state index contributed by atoms with van der Waals surface area (Å²) in [5.74, 6) is 0.567. The molecule has 9 rings (SSSR count). The topological polar surface area (TPSA) is 167 Å². The van der Waals surface area contributed by atoms with Crippen LogP contribution < -0.4 is 33.8 Å². The highest BCUT2D eigenvalue weighted by atomic mass is 33.1. The van der Waals surface area contributed by atoms with Crippen LogP contribution in [0, 0.1) is 12.8 Å². The number of rotatable bonds is 29. The zero-order valence-electron chi connectivity index (χ0n) is 48.9. The summed E-state index contributed by atoms with van der Waals surface area (Å²) in [5.41, 5.74) is 10.8. The second-order valence-electron chi connectivity index (χ2n) is 22.0. The van der Waals surface area contributed by atoms with E-state index in [0.29, 0.717) is 86.8 Å². The minimum absolute atomic E-state index is 0.0207. The van der Waals surface area contributed by atoms with Crippen LogP contribution in [0.25, 0.3) is 0 Å². The first-order valence-electron chi connectivity index (χ1n) is 28.4. The van der Waals surface area contributed by atoms with Gasteiger partial charge in [0.2, 0.25) is 0 Å². The molecule has 4 aliphatic heterocycles.